The minimum Gasteiger partial charge on any atom is -0.496 e. The number of ketones is 1. The molecule has 0 heterocycles. The molecule has 0 saturated carbocycles. The highest BCUT2D eigenvalue weighted by Gasteiger charge is 2.25. The predicted octanol–water partition coefficient (Wildman–Crippen LogP) is 7.20. The molecular formula is C38H32O9. The minimum absolute atomic E-state index is 0.0450. The van der Waals surface area contributed by atoms with Crippen molar-refractivity contribution in [2.75, 3.05) is 14.2 Å². The van der Waals surface area contributed by atoms with Crippen molar-refractivity contribution in [1.82, 2.24) is 0 Å². The third-order valence-electron chi connectivity index (χ3n) is 7.22. The van der Waals surface area contributed by atoms with Crippen molar-refractivity contribution in [2.45, 2.75) is 19.6 Å². The fraction of sp³-hybridized carbons (Fsp3) is 0.132. The standard InChI is InChI=1S/C38H32O9/c1-43-31-21-34(44-2)36(33(39)20-28-19-30(17-18-32(28)37(40)41)46-24-26-11-7-4-8-12-26)35(22-31)47-38(42)27-13-15-29(16-14-27)45-23-25-9-5-3-6-10-25/h3-19,21-22H,20,23-24H2,1-2H3,(H,40,41). The van der Waals surface area contributed by atoms with Crippen LogP contribution >= 0.6 is 0 Å². The van der Waals surface area contributed by atoms with Crippen molar-refractivity contribution in [3.8, 4) is 28.7 Å². The number of Topliss-reactive ketones (excluding diaryl/α,β-unsaturated/α-hetero) is 1. The molecule has 0 aliphatic carbocycles. The zero-order valence-electron chi connectivity index (χ0n) is 25.8. The topological polar surface area (TPSA) is 118 Å². The Morgan fingerprint density at radius 3 is 1.77 bits per heavy atom. The molecule has 9 heteroatoms. The number of esters is 1. The van der Waals surface area contributed by atoms with E-state index in [-0.39, 0.29) is 52.5 Å². The summed E-state index contributed by atoms with van der Waals surface area (Å²) in [6, 6.07) is 32.9. The van der Waals surface area contributed by atoms with Crippen molar-refractivity contribution >= 4 is 17.7 Å². The molecule has 0 aromatic heterocycles. The molecule has 0 bridgehead atoms. The van der Waals surface area contributed by atoms with Gasteiger partial charge in [-0.1, -0.05) is 60.7 Å². The number of aromatic carboxylic acids is 1. The van der Waals surface area contributed by atoms with Crippen LogP contribution in [0.4, 0.5) is 0 Å². The molecule has 9 nitrogen and oxygen atoms in total. The average Bonchev–Trinajstić information content (AvgIpc) is 3.10. The molecule has 0 atom stereocenters. The van der Waals surface area contributed by atoms with E-state index < -0.39 is 17.7 Å². The lowest BCUT2D eigenvalue weighted by Gasteiger charge is -2.16. The summed E-state index contributed by atoms with van der Waals surface area (Å²) in [6.45, 7) is 0.624. The van der Waals surface area contributed by atoms with Gasteiger partial charge in [0.1, 0.15) is 47.5 Å². The van der Waals surface area contributed by atoms with Crippen LogP contribution in [0.3, 0.4) is 0 Å². The summed E-state index contributed by atoms with van der Waals surface area (Å²) in [6.07, 6.45) is -0.342. The molecule has 1 N–H and O–H groups in total. The van der Waals surface area contributed by atoms with E-state index in [1.165, 1.54) is 38.5 Å². The Morgan fingerprint density at radius 2 is 1.19 bits per heavy atom. The first kappa shape index (κ1) is 32.3. The maximum Gasteiger partial charge on any atom is 0.343 e. The summed E-state index contributed by atoms with van der Waals surface area (Å²) in [4.78, 5) is 39.2. The number of methoxy groups -OCH3 is 2. The second-order valence-electron chi connectivity index (χ2n) is 10.4. The first-order valence-electron chi connectivity index (χ1n) is 14.7. The maximum atomic E-state index is 13.9. The van der Waals surface area contributed by atoms with Crippen LogP contribution in [-0.2, 0) is 19.6 Å². The lowest BCUT2D eigenvalue weighted by Crippen LogP contribution is -2.15. The van der Waals surface area contributed by atoms with Crippen LogP contribution in [0.2, 0.25) is 0 Å². The van der Waals surface area contributed by atoms with E-state index in [1.807, 2.05) is 60.7 Å². The van der Waals surface area contributed by atoms with Gasteiger partial charge < -0.3 is 28.8 Å². The van der Waals surface area contributed by atoms with Gasteiger partial charge in [-0.25, -0.2) is 9.59 Å². The van der Waals surface area contributed by atoms with E-state index in [9.17, 15) is 19.5 Å². The Hall–Kier alpha value is -6.09. The van der Waals surface area contributed by atoms with Gasteiger partial charge in [0.15, 0.2) is 5.78 Å². The Bertz CT molecular complexity index is 1850. The van der Waals surface area contributed by atoms with Gasteiger partial charge in [-0.2, -0.15) is 0 Å². The smallest absolute Gasteiger partial charge is 0.343 e. The monoisotopic (exact) mass is 632 g/mol. The number of carboxylic acid groups (broad SMARTS) is 1. The molecule has 0 saturated heterocycles. The Kier molecular flexibility index (Phi) is 10.5. The molecule has 47 heavy (non-hydrogen) atoms. The maximum absolute atomic E-state index is 13.9. The fourth-order valence-corrected chi connectivity index (χ4v) is 4.80. The normalized spacial score (nSPS) is 10.5. The van der Waals surface area contributed by atoms with Gasteiger partial charge in [0.25, 0.3) is 0 Å². The van der Waals surface area contributed by atoms with E-state index >= 15 is 0 Å². The Morgan fingerprint density at radius 1 is 0.617 bits per heavy atom. The van der Waals surface area contributed by atoms with Crippen molar-refractivity contribution in [3.05, 3.63) is 149 Å². The van der Waals surface area contributed by atoms with Crippen molar-refractivity contribution in [3.63, 3.8) is 0 Å². The minimum atomic E-state index is -1.20. The van der Waals surface area contributed by atoms with E-state index in [4.69, 9.17) is 23.7 Å². The molecule has 0 aliphatic rings. The first-order chi connectivity index (χ1) is 22.8. The van der Waals surface area contributed by atoms with Crippen LogP contribution in [0, 0.1) is 0 Å². The number of carbonyl (C=O) groups excluding carboxylic acids is 2. The number of carbonyl (C=O) groups is 3. The Labute approximate surface area is 271 Å². The highest BCUT2D eigenvalue weighted by Crippen LogP contribution is 2.36. The number of rotatable bonds is 14. The van der Waals surface area contributed by atoms with E-state index in [1.54, 1.807) is 30.3 Å². The SMILES string of the molecule is COc1cc(OC)c(C(=O)Cc2cc(OCc3ccccc3)ccc2C(=O)O)c(OC(=O)c2ccc(OCc3ccccc3)cc2)c1. The molecule has 0 fully saturated rings. The largest absolute Gasteiger partial charge is 0.496 e. The molecule has 0 radical (unpaired) electrons. The number of ether oxygens (including phenoxy) is 5. The van der Waals surface area contributed by atoms with Crippen LogP contribution in [0.15, 0.2) is 115 Å². The van der Waals surface area contributed by atoms with Crippen LogP contribution in [0.1, 0.15) is 47.8 Å². The van der Waals surface area contributed by atoms with E-state index in [0.717, 1.165) is 11.1 Å². The predicted molar refractivity (Wildman–Crippen MR) is 174 cm³/mol. The van der Waals surface area contributed by atoms with E-state index in [0.29, 0.717) is 18.1 Å². The van der Waals surface area contributed by atoms with Crippen molar-refractivity contribution < 1.29 is 43.2 Å². The van der Waals surface area contributed by atoms with Crippen molar-refractivity contribution in [1.29, 1.82) is 0 Å². The molecule has 0 aliphatic heterocycles. The molecule has 5 aromatic carbocycles. The zero-order valence-corrected chi connectivity index (χ0v) is 25.8. The van der Waals surface area contributed by atoms with E-state index in [2.05, 4.69) is 0 Å². The second kappa shape index (κ2) is 15.3. The molecular weight excluding hydrogens is 600 g/mol. The third kappa shape index (κ3) is 8.34. The van der Waals surface area contributed by atoms with Crippen LogP contribution < -0.4 is 23.7 Å². The quantitative estimate of drug-likeness (QED) is 0.0770. The van der Waals surface area contributed by atoms with Gasteiger partial charge in [0.05, 0.1) is 25.3 Å². The van der Waals surface area contributed by atoms with Gasteiger partial charge >= 0.3 is 11.9 Å². The molecule has 238 valence electrons. The second-order valence-corrected chi connectivity index (χ2v) is 10.4. The molecule has 0 amide bonds. The fourth-order valence-electron chi connectivity index (χ4n) is 4.80. The summed E-state index contributed by atoms with van der Waals surface area (Å²) in [5.74, 6) is -1.24. The molecule has 5 rings (SSSR count). The zero-order chi connectivity index (χ0) is 33.2. The molecule has 5 aromatic rings. The number of benzene rings is 5. The number of hydrogen-bond acceptors (Lipinski definition) is 8. The average molecular weight is 633 g/mol. The summed E-state index contributed by atoms with van der Waals surface area (Å²) in [5, 5.41) is 9.86. The van der Waals surface area contributed by atoms with Gasteiger partial charge in [-0.05, 0) is 59.2 Å². The lowest BCUT2D eigenvalue weighted by atomic mass is 9.97. The van der Waals surface area contributed by atoms with Gasteiger partial charge in [0, 0.05) is 18.6 Å². The summed E-state index contributed by atoms with van der Waals surface area (Å²) in [5.41, 5.74) is 2.25. The number of carboxylic acids is 1. The van der Waals surface area contributed by atoms with Gasteiger partial charge in [-0.15, -0.1) is 0 Å². The summed E-state index contributed by atoms with van der Waals surface area (Å²) < 4.78 is 28.3. The summed E-state index contributed by atoms with van der Waals surface area (Å²) in [7, 11) is 2.79. The first-order valence-corrected chi connectivity index (χ1v) is 14.7. The van der Waals surface area contributed by atoms with Gasteiger partial charge in [-0.3, -0.25) is 4.79 Å². The van der Waals surface area contributed by atoms with Crippen molar-refractivity contribution in [2.24, 2.45) is 0 Å². The molecule has 0 unspecified atom stereocenters. The highest BCUT2D eigenvalue weighted by molar-refractivity contribution is 6.05. The van der Waals surface area contributed by atoms with Crippen LogP contribution in [0.5, 0.6) is 28.7 Å². The van der Waals surface area contributed by atoms with Crippen LogP contribution in [-0.4, -0.2) is 37.0 Å². The Balaban J connectivity index is 1.37. The lowest BCUT2D eigenvalue weighted by molar-refractivity contribution is 0.0693. The van der Waals surface area contributed by atoms with Crippen LogP contribution in [0.25, 0.3) is 0 Å². The summed E-state index contributed by atoms with van der Waals surface area (Å²) >= 11 is 0. The molecule has 0 spiro atoms. The van der Waals surface area contributed by atoms with Gasteiger partial charge in [0.2, 0.25) is 0 Å². The highest BCUT2D eigenvalue weighted by atomic mass is 16.5. The number of hydrogen-bond donors (Lipinski definition) is 1. The third-order valence-corrected chi connectivity index (χ3v) is 7.22.